The highest BCUT2D eigenvalue weighted by Gasteiger charge is 2.29. The Balaban J connectivity index is 1.76. The first-order chi connectivity index (χ1) is 13.8. The first-order valence-corrected chi connectivity index (χ1v) is 11.8. The van der Waals surface area contributed by atoms with Crippen LogP contribution in [0.4, 0.5) is 0 Å². The number of carbonyl (C=O) groups is 1. The van der Waals surface area contributed by atoms with E-state index in [1.807, 2.05) is 25.1 Å². The van der Waals surface area contributed by atoms with Crippen molar-refractivity contribution in [3.63, 3.8) is 0 Å². The van der Waals surface area contributed by atoms with Gasteiger partial charge in [-0.25, -0.2) is 13.1 Å². The lowest BCUT2D eigenvalue weighted by molar-refractivity contribution is -0.125. The highest BCUT2D eigenvalue weighted by atomic mass is 32.2. The van der Waals surface area contributed by atoms with Crippen LogP contribution in [0.1, 0.15) is 51.5 Å². The SMILES string of the molecule is CCC(C)S(=O)(=O)NC1CCC(C(=O)NCCc2ccc(OC)c(OC)c2)CC1. The van der Waals surface area contributed by atoms with Crippen LogP contribution in [-0.2, 0) is 21.2 Å². The summed E-state index contributed by atoms with van der Waals surface area (Å²) >= 11 is 0. The number of carbonyl (C=O) groups excluding carboxylic acids is 1. The predicted octanol–water partition coefficient (Wildman–Crippen LogP) is 2.64. The Bertz CT molecular complexity index is 773. The van der Waals surface area contributed by atoms with Gasteiger partial charge in [0.2, 0.25) is 15.9 Å². The lowest BCUT2D eigenvalue weighted by atomic mass is 9.86. The second-order valence-electron chi connectivity index (χ2n) is 7.66. The summed E-state index contributed by atoms with van der Waals surface area (Å²) in [7, 11) is -0.0741. The molecule has 29 heavy (non-hydrogen) atoms. The first-order valence-electron chi connectivity index (χ1n) is 10.3. The van der Waals surface area contributed by atoms with Gasteiger partial charge in [0, 0.05) is 18.5 Å². The van der Waals surface area contributed by atoms with Gasteiger partial charge in [-0.1, -0.05) is 13.0 Å². The van der Waals surface area contributed by atoms with E-state index >= 15 is 0 Å². The van der Waals surface area contributed by atoms with Gasteiger partial charge in [0.05, 0.1) is 19.5 Å². The smallest absolute Gasteiger partial charge is 0.223 e. The number of amides is 1. The van der Waals surface area contributed by atoms with Crippen LogP contribution in [0.3, 0.4) is 0 Å². The van der Waals surface area contributed by atoms with Gasteiger partial charge in [-0.05, 0) is 63.1 Å². The van der Waals surface area contributed by atoms with Crippen LogP contribution in [0, 0.1) is 5.92 Å². The Hall–Kier alpha value is -1.80. The van der Waals surface area contributed by atoms with Gasteiger partial charge in [0.1, 0.15) is 0 Å². The van der Waals surface area contributed by atoms with E-state index in [1.54, 1.807) is 21.1 Å². The molecular formula is C21H34N2O5S. The summed E-state index contributed by atoms with van der Waals surface area (Å²) in [5.74, 6) is 1.36. The van der Waals surface area contributed by atoms with Crippen molar-refractivity contribution >= 4 is 15.9 Å². The van der Waals surface area contributed by atoms with Gasteiger partial charge >= 0.3 is 0 Å². The van der Waals surface area contributed by atoms with Crippen molar-refractivity contribution in [2.24, 2.45) is 5.92 Å². The van der Waals surface area contributed by atoms with E-state index in [9.17, 15) is 13.2 Å². The Labute approximate surface area is 174 Å². The normalized spacial score (nSPS) is 20.7. The predicted molar refractivity (Wildman–Crippen MR) is 114 cm³/mol. The Morgan fingerprint density at radius 3 is 2.38 bits per heavy atom. The molecule has 0 saturated heterocycles. The van der Waals surface area contributed by atoms with E-state index in [1.165, 1.54) is 0 Å². The second-order valence-corrected chi connectivity index (χ2v) is 9.79. The maximum Gasteiger partial charge on any atom is 0.223 e. The van der Waals surface area contributed by atoms with Gasteiger partial charge in [0.25, 0.3) is 0 Å². The molecule has 0 bridgehead atoms. The van der Waals surface area contributed by atoms with E-state index in [-0.39, 0.29) is 23.1 Å². The average Bonchev–Trinajstić information content (AvgIpc) is 2.73. The second kappa shape index (κ2) is 10.8. The van der Waals surface area contributed by atoms with Crippen molar-refractivity contribution in [3.05, 3.63) is 23.8 Å². The Morgan fingerprint density at radius 1 is 1.14 bits per heavy atom. The van der Waals surface area contributed by atoms with E-state index in [0.29, 0.717) is 56.6 Å². The van der Waals surface area contributed by atoms with Crippen LogP contribution in [0.15, 0.2) is 18.2 Å². The van der Waals surface area contributed by atoms with E-state index in [0.717, 1.165) is 5.56 Å². The van der Waals surface area contributed by atoms with Crippen molar-refractivity contribution in [3.8, 4) is 11.5 Å². The molecule has 2 rings (SSSR count). The number of hydrogen-bond acceptors (Lipinski definition) is 5. The molecular weight excluding hydrogens is 392 g/mol. The van der Waals surface area contributed by atoms with Crippen LogP contribution in [0.5, 0.6) is 11.5 Å². The molecule has 1 fully saturated rings. The summed E-state index contributed by atoms with van der Waals surface area (Å²) in [6, 6.07) is 5.67. The molecule has 1 aromatic carbocycles. The maximum absolute atomic E-state index is 12.5. The minimum atomic E-state index is -3.27. The molecule has 1 aliphatic rings. The molecule has 0 spiro atoms. The van der Waals surface area contributed by atoms with Crippen molar-refractivity contribution in [1.29, 1.82) is 0 Å². The number of nitrogens with one attached hydrogen (secondary N) is 2. The number of benzene rings is 1. The van der Waals surface area contributed by atoms with Gasteiger partial charge in [-0.2, -0.15) is 0 Å². The molecule has 1 saturated carbocycles. The minimum Gasteiger partial charge on any atom is -0.493 e. The summed E-state index contributed by atoms with van der Waals surface area (Å²) in [6.07, 6.45) is 4.10. The standard InChI is InChI=1S/C21H34N2O5S/c1-5-15(2)29(25,26)23-18-9-7-17(8-10-18)21(24)22-13-12-16-6-11-19(27-3)20(14-16)28-4/h6,11,14-15,17-18,23H,5,7-10,12-13H2,1-4H3,(H,22,24). The van der Waals surface area contributed by atoms with E-state index in [2.05, 4.69) is 10.0 Å². The number of rotatable bonds is 10. The zero-order chi connectivity index (χ0) is 21.4. The summed E-state index contributed by atoms with van der Waals surface area (Å²) in [6.45, 7) is 4.14. The fraction of sp³-hybridized carbons (Fsp3) is 0.667. The van der Waals surface area contributed by atoms with Crippen molar-refractivity contribution in [1.82, 2.24) is 10.0 Å². The summed E-state index contributed by atoms with van der Waals surface area (Å²) in [5.41, 5.74) is 1.06. The van der Waals surface area contributed by atoms with Gasteiger partial charge in [0.15, 0.2) is 11.5 Å². The molecule has 1 unspecified atom stereocenters. The molecule has 0 heterocycles. The third kappa shape index (κ3) is 6.60. The molecule has 1 aliphatic carbocycles. The molecule has 164 valence electrons. The van der Waals surface area contributed by atoms with Crippen LogP contribution in [0.25, 0.3) is 0 Å². The fourth-order valence-corrected chi connectivity index (χ4v) is 4.92. The topological polar surface area (TPSA) is 93.7 Å². The lowest BCUT2D eigenvalue weighted by Crippen LogP contribution is -2.43. The summed E-state index contributed by atoms with van der Waals surface area (Å²) in [5, 5.41) is 2.62. The molecule has 2 N–H and O–H groups in total. The summed E-state index contributed by atoms with van der Waals surface area (Å²) in [4.78, 5) is 12.5. The molecule has 1 aromatic rings. The van der Waals surface area contributed by atoms with E-state index < -0.39 is 10.0 Å². The number of ether oxygens (including phenoxy) is 2. The quantitative estimate of drug-likeness (QED) is 0.600. The highest BCUT2D eigenvalue weighted by Crippen LogP contribution is 2.28. The van der Waals surface area contributed by atoms with Crippen LogP contribution in [0.2, 0.25) is 0 Å². The van der Waals surface area contributed by atoms with Gasteiger partial charge in [-0.3, -0.25) is 4.79 Å². The highest BCUT2D eigenvalue weighted by molar-refractivity contribution is 7.90. The third-order valence-corrected chi connectivity index (χ3v) is 7.75. The zero-order valence-corrected chi connectivity index (χ0v) is 18.7. The third-order valence-electron chi connectivity index (χ3n) is 5.69. The minimum absolute atomic E-state index is 0.0497. The first kappa shape index (κ1) is 23.5. The maximum atomic E-state index is 12.5. The molecule has 0 aliphatic heterocycles. The molecule has 0 radical (unpaired) electrons. The number of hydrogen-bond donors (Lipinski definition) is 2. The van der Waals surface area contributed by atoms with Crippen molar-refractivity contribution in [2.75, 3.05) is 20.8 Å². The zero-order valence-electron chi connectivity index (χ0n) is 17.9. The lowest BCUT2D eigenvalue weighted by Gasteiger charge is -2.29. The van der Waals surface area contributed by atoms with Crippen molar-refractivity contribution in [2.45, 2.75) is 63.7 Å². The summed E-state index contributed by atoms with van der Waals surface area (Å²) < 4.78 is 37.7. The van der Waals surface area contributed by atoms with Gasteiger partial charge < -0.3 is 14.8 Å². The van der Waals surface area contributed by atoms with Crippen LogP contribution in [-0.4, -0.2) is 46.4 Å². The molecule has 0 aromatic heterocycles. The van der Waals surface area contributed by atoms with E-state index in [4.69, 9.17) is 9.47 Å². The molecule has 7 nitrogen and oxygen atoms in total. The van der Waals surface area contributed by atoms with Gasteiger partial charge in [-0.15, -0.1) is 0 Å². The number of sulfonamides is 1. The molecule has 1 amide bonds. The monoisotopic (exact) mass is 426 g/mol. The Kier molecular flexibility index (Phi) is 8.77. The van der Waals surface area contributed by atoms with Crippen LogP contribution >= 0.6 is 0 Å². The Morgan fingerprint density at radius 2 is 1.79 bits per heavy atom. The van der Waals surface area contributed by atoms with Crippen molar-refractivity contribution < 1.29 is 22.7 Å². The molecule has 8 heteroatoms. The fourth-order valence-electron chi connectivity index (χ4n) is 3.55. The molecule has 1 atom stereocenters. The number of methoxy groups -OCH3 is 2. The largest absolute Gasteiger partial charge is 0.493 e. The average molecular weight is 427 g/mol. The van der Waals surface area contributed by atoms with Crippen LogP contribution < -0.4 is 19.5 Å².